The zero-order chi connectivity index (χ0) is 7.49. The molecule has 0 aromatic rings. The maximum atomic E-state index is 2.33. The van der Waals surface area contributed by atoms with Crippen LogP contribution in [-0.4, -0.2) is 12.2 Å². The fourth-order valence-corrected chi connectivity index (χ4v) is 1.41. The third kappa shape index (κ3) is 2.66. The Hall–Kier alpha value is 0.415. The van der Waals surface area contributed by atoms with Crippen LogP contribution in [0.1, 0.15) is 27.2 Å². The lowest BCUT2D eigenvalue weighted by Crippen LogP contribution is -2.19. The van der Waals surface area contributed by atoms with E-state index in [-0.39, 0.29) is 0 Å². The Bertz CT molecular complexity index is 81.0. The van der Waals surface area contributed by atoms with Gasteiger partial charge in [-0.3, -0.25) is 0 Å². The predicted octanol–water partition coefficient (Wildman–Crippen LogP) is 3.16. The van der Waals surface area contributed by atoms with Gasteiger partial charge in [0.05, 0.1) is 0 Å². The molecule has 0 heterocycles. The van der Waals surface area contributed by atoms with Crippen LogP contribution < -0.4 is 0 Å². The predicted molar refractivity (Wildman–Crippen MR) is 49.5 cm³/mol. The molecule has 0 N–H and O–H groups in total. The highest BCUT2D eigenvalue weighted by molar-refractivity contribution is 8.25. The molecule has 0 amide bonds. The molecule has 54 valence electrons. The Morgan fingerprint density at radius 1 is 1.44 bits per heavy atom. The first-order chi connectivity index (χ1) is 4.04. The summed E-state index contributed by atoms with van der Waals surface area (Å²) in [5.74, 6) is 0.780. The Balaban J connectivity index is 3.80. The molecule has 0 fully saturated rings. The van der Waals surface area contributed by atoms with Gasteiger partial charge in [-0.1, -0.05) is 34.0 Å². The van der Waals surface area contributed by atoms with Crippen molar-refractivity contribution in [2.75, 3.05) is 6.26 Å². The van der Waals surface area contributed by atoms with Crippen LogP contribution in [0.4, 0.5) is 0 Å². The first-order valence-corrected chi connectivity index (χ1v) is 4.86. The number of hydrogen-bond donors (Lipinski definition) is 0. The van der Waals surface area contributed by atoms with Crippen LogP contribution >= 0.6 is 11.6 Å². The van der Waals surface area contributed by atoms with Crippen molar-refractivity contribution in [1.29, 1.82) is 0 Å². The topological polar surface area (TPSA) is 0 Å². The molecule has 2 heteroatoms. The fraction of sp³-hybridized carbons (Fsp3) is 1.00. The van der Waals surface area contributed by atoms with E-state index < -0.39 is 0 Å². The average Bonchev–Trinajstić information content (AvgIpc) is 1.86. The van der Waals surface area contributed by atoms with Crippen molar-refractivity contribution in [2.45, 2.75) is 39.3 Å². The molecule has 0 saturated heterocycles. The third-order valence-corrected chi connectivity index (χ3v) is 3.71. The van der Waals surface area contributed by atoms with E-state index in [0.29, 0.717) is 5.31 Å². The van der Waals surface area contributed by atoms with E-state index in [1.54, 1.807) is 0 Å². The Morgan fingerprint density at radius 2 is 1.89 bits per heavy atom. The summed E-state index contributed by atoms with van der Waals surface area (Å²) in [6, 6.07) is 0. The molecule has 0 atom stereocenters. The van der Waals surface area contributed by atoms with Crippen LogP contribution in [0.3, 0.4) is 0 Å². The van der Waals surface area contributed by atoms with E-state index in [0.717, 1.165) is 5.99 Å². The molecular formula is C7H17BS. The van der Waals surface area contributed by atoms with Gasteiger partial charge in [0.2, 0.25) is 5.99 Å². The van der Waals surface area contributed by atoms with Crippen molar-refractivity contribution in [3.63, 3.8) is 0 Å². The first kappa shape index (κ1) is 9.41. The minimum absolute atomic E-state index is 0.513. The maximum absolute atomic E-state index is 2.33. The van der Waals surface area contributed by atoms with Gasteiger partial charge in [0, 0.05) is 0 Å². The van der Waals surface area contributed by atoms with Crippen molar-refractivity contribution in [1.82, 2.24) is 0 Å². The SMILES string of the molecule is CCC(C)(C)B(C)SC. The minimum Gasteiger partial charge on any atom is -0.213 e. The molecule has 0 aliphatic heterocycles. The molecule has 0 bridgehead atoms. The van der Waals surface area contributed by atoms with Crippen molar-refractivity contribution in [2.24, 2.45) is 0 Å². The van der Waals surface area contributed by atoms with E-state index >= 15 is 0 Å². The van der Waals surface area contributed by atoms with Gasteiger partial charge < -0.3 is 0 Å². The van der Waals surface area contributed by atoms with Gasteiger partial charge in [0.1, 0.15) is 0 Å². The van der Waals surface area contributed by atoms with Crippen LogP contribution in [0.25, 0.3) is 0 Å². The van der Waals surface area contributed by atoms with Gasteiger partial charge in [0.15, 0.2) is 0 Å². The number of hydrogen-bond acceptors (Lipinski definition) is 1. The summed E-state index contributed by atoms with van der Waals surface area (Å²) >= 11 is 1.96. The molecular weight excluding hydrogens is 127 g/mol. The zero-order valence-electron chi connectivity index (χ0n) is 7.19. The summed E-state index contributed by atoms with van der Waals surface area (Å²) in [6.45, 7) is 9.21. The van der Waals surface area contributed by atoms with Gasteiger partial charge in [-0.15, -0.1) is 0 Å². The summed E-state index contributed by atoms with van der Waals surface area (Å²) in [5, 5.41) is 0.513. The molecule has 0 nitrogen and oxygen atoms in total. The minimum atomic E-state index is 0.513. The summed E-state index contributed by atoms with van der Waals surface area (Å²) in [7, 11) is 0. The Labute approximate surface area is 63.8 Å². The maximum Gasteiger partial charge on any atom is 0.211 e. The van der Waals surface area contributed by atoms with Gasteiger partial charge in [-0.25, -0.2) is 11.6 Å². The molecule has 0 spiro atoms. The summed E-state index contributed by atoms with van der Waals surface area (Å²) in [5.41, 5.74) is 0. The van der Waals surface area contributed by atoms with Crippen LogP contribution in [0.15, 0.2) is 0 Å². The summed E-state index contributed by atoms with van der Waals surface area (Å²) in [4.78, 5) is 0. The highest BCUT2D eigenvalue weighted by atomic mass is 32.2. The highest BCUT2D eigenvalue weighted by Crippen LogP contribution is 2.36. The lowest BCUT2D eigenvalue weighted by atomic mass is 9.53. The molecule has 0 aromatic heterocycles. The molecule has 0 aliphatic carbocycles. The van der Waals surface area contributed by atoms with E-state index in [4.69, 9.17) is 0 Å². The summed E-state index contributed by atoms with van der Waals surface area (Å²) < 4.78 is 0. The van der Waals surface area contributed by atoms with Crippen molar-refractivity contribution >= 4 is 17.6 Å². The largest absolute Gasteiger partial charge is 0.213 e. The standard InChI is InChI=1S/C7H17BS/c1-6-7(2,3)8(4)9-5/h6H2,1-5H3. The van der Waals surface area contributed by atoms with Crippen molar-refractivity contribution in [3.8, 4) is 0 Å². The van der Waals surface area contributed by atoms with Gasteiger partial charge >= 0.3 is 0 Å². The quantitative estimate of drug-likeness (QED) is 0.548. The molecule has 0 saturated carbocycles. The van der Waals surface area contributed by atoms with Crippen molar-refractivity contribution in [3.05, 3.63) is 0 Å². The third-order valence-electron chi connectivity index (χ3n) is 2.37. The molecule has 9 heavy (non-hydrogen) atoms. The first-order valence-electron chi connectivity index (χ1n) is 3.57. The Kier molecular flexibility index (Phi) is 3.71. The van der Waals surface area contributed by atoms with E-state index in [9.17, 15) is 0 Å². The lowest BCUT2D eigenvalue weighted by molar-refractivity contribution is 0.642. The van der Waals surface area contributed by atoms with Gasteiger partial charge in [-0.2, -0.15) is 0 Å². The second-order valence-corrected chi connectivity index (χ2v) is 4.40. The molecule has 0 aromatic carbocycles. The second kappa shape index (κ2) is 3.55. The van der Waals surface area contributed by atoms with Gasteiger partial charge in [0.25, 0.3) is 0 Å². The molecule has 0 aliphatic rings. The van der Waals surface area contributed by atoms with Crippen molar-refractivity contribution < 1.29 is 0 Å². The van der Waals surface area contributed by atoms with Crippen LogP contribution in [0, 0.1) is 0 Å². The molecule has 0 unspecified atom stereocenters. The fourth-order valence-electron chi connectivity index (χ4n) is 0.606. The van der Waals surface area contributed by atoms with Crippen LogP contribution in [-0.2, 0) is 0 Å². The highest BCUT2D eigenvalue weighted by Gasteiger charge is 2.25. The molecule has 0 radical (unpaired) electrons. The van der Waals surface area contributed by atoms with Crippen LogP contribution in [0.5, 0.6) is 0 Å². The monoisotopic (exact) mass is 144 g/mol. The summed E-state index contributed by atoms with van der Waals surface area (Å²) in [6.07, 6.45) is 3.46. The normalized spacial score (nSPS) is 11.7. The van der Waals surface area contributed by atoms with Crippen LogP contribution in [0.2, 0.25) is 12.1 Å². The average molecular weight is 144 g/mol. The van der Waals surface area contributed by atoms with E-state index in [1.807, 2.05) is 11.6 Å². The van der Waals surface area contributed by atoms with E-state index in [2.05, 4.69) is 33.9 Å². The molecule has 0 rings (SSSR count). The Morgan fingerprint density at radius 3 is 2.00 bits per heavy atom. The van der Waals surface area contributed by atoms with Gasteiger partial charge in [-0.05, 0) is 11.6 Å². The zero-order valence-corrected chi connectivity index (χ0v) is 8.01. The van der Waals surface area contributed by atoms with E-state index in [1.165, 1.54) is 6.42 Å². The number of rotatable bonds is 3. The second-order valence-electron chi connectivity index (χ2n) is 3.22. The smallest absolute Gasteiger partial charge is 0.211 e. The lowest BCUT2D eigenvalue weighted by Gasteiger charge is -2.26.